The van der Waals surface area contributed by atoms with Crippen LogP contribution in [0.3, 0.4) is 0 Å². The third-order valence-electron chi connectivity index (χ3n) is 1.69. The molecule has 1 atom stereocenters. The molecule has 6 heteroatoms. The van der Waals surface area contributed by atoms with Gasteiger partial charge in [-0.05, 0) is 23.8 Å². The Labute approximate surface area is 80.1 Å². The average molecular weight is 197 g/mol. The van der Waals surface area contributed by atoms with Crippen molar-refractivity contribution in [3.8, 4) is 0 Å². The maximum absolute atomic E-state index is 10.5. The van der Waals surface area contributed by atoms with E-state index in [0.717, 1.165) is 0 Å². The number of nitrogen functional groups attached to an aromatic ring is 2. The molecule has 0 aliphatic rings. The number of hydrogen-bond acceptors (Lipinski definition) is 5. The summed E-state index contributed by atoms with van der Waals surface area (Å²) < 4.78 is 0. The summed E-state index contributed by atoms with van der Waals surface area (Å²) in [7, 11) is 0. The zero-order valence-corrected chi connectivity index (χ0v) is 7.27. The van der Waals surface area contributed by atoms with Crippen molar-refractivity contribution < 1.29 is 15.0 Å². The summed E-state index contributed by atoms with van der Waals surface area (Å²) in [6.07, 6.45) is -1.59. The Hall–Kier alpha value is -1.79. The molecule has 1 aromatic carbocycles. The van der Waals surface area contributed by atoms with E-state index in [2.05, 4.69) is 5.43 Å². The number of aliphatic hydroxyl groups excluding tert-OH is 1. The number of anilines is 2. The van der Waals surface area contributed by atoms with Crippen LogP contribution in [-0.4, -0.2) is 16.2 Å². The van der Waals surface area contributed by atoms with Crippen molar-refractivity contribution in [1.82, 2.24) is 0 Å². The van der Waals surface area contributed by atoms with Crippen LogP contribution in [0.2, 0.25) is 0 Å². The summed E-state index contributed by atoms with van der Waals surface area (Å²) >= 11 is 0. The first-order chi connectivity index (χ1) is 6.54. The predicted octanol–water partition coefficient (Wildman–Crippen LogP) is -0.328. The second-order valence-electron chi connectivity index (χ2n) is 2.77. The van der Waals surface area contributed by atoms with E-state index in [4.69, 9.17) is 16.7 Å². The molecule has 0 bridgehead atoms. The third-order valence-corrected chi connectivity index (χ3v) is 1.69. The van der Waals surface area contributed by atoms with Crippen LogP contribution in [0.1, 0.15) is 11.7 Å². The molecular weight excluding hydrogens is 186 g/mol. The number of aliphatic carboxylic acids is 1. The van der Waals surface area contributed by atoms with E-state index in [0.29, 0.717) is 11.4 Å². The molecule has 0 aromatic heterocycles. The minimum absolute atomic E-state index is 0.186. The highest BCUT2D eigenvalue weighted by molar-refractivity contribution is 5.75. The molecule has 0 radical (unpaired) electrons. The molecule has 0 amide bonds. The molecular formula is C8H11N3O3. The standard InChI is InChI=1S/C8H11N3O3/c9-5-1-4(7(12)8(13)14)2-6(3-5)11-10/h1-3,7,11-12H,9-10H2,(H,13,14). The van der Waals surface area contributed by atoms with Gasteiger partial charge in [-0.3, -0.25) is 5.84 Å². The number of nitrogens with two attached hydrogens (primary N) is 2. The number of benzene rings is 1. The van der Waals surface area contributed by atoms with Crippen molar-refractivity contribution in [3.63, 3.8) is 0 Å². The fourth-order valence-corrected chi connectivity index (χ4v) is 1.06. The molecule has 14 heavy (non-hydrogen) atoms. The van der Waals surface area contributed by atoms with Crippen molar-refractivity contribution in [2.45, 2.75) is 6.10 Å². The number of hydrogen-bond donors (Lipinski definition) is 5. The first kappa shape index (κ1) is 10.3. The van der Waals surface area contributed by atoms with E-state index in [1.807, 2.05) is 0 Å². The fourth-order valence-electron chi connectivity index (χ4n) is 1.06. The van der Waals surface area contributed by atoms with Crippen molar-refractivity contribution in [2.24, 2.45) is 5.84 Å². The van der Waals surface area contributed by atoms with Gasteiger partial charge in [0.1, 0.15) is 0 Å². The molecule has 0 fully saturated rings. The molecule has 1 rings (SSSR count). The van der Waals surface area contributed by atoms with E-state index < -0.39 is 12.1 Å². The number of carbonyl (C=O) groups is 1. The van der Waals surface area contributed by atoms with Gasteiger partial charge in [0.25, 0.3) is 0 Å². The summed E-state index contributed by atoms with van der Waals surface area (Å²) in [6, 6.07) is 4.31. The lowest BCUT2D eigenvalue weighted by atomic mass is 10.1. The van der Waals surface area contributed by atoms with Gasteiger partial charge in [0.2, 0.25) is 0 Å². The molecule has 0 heterocycles. The van der Waals surface area contributed by atoms with Gasteiger partial charge < -0.3 is 21.4 Å². The Kier molecular flexibility index (Phi) is 2.90. The smallest absolute Gasteiger partial charge is 0.337 e. The summed E-state index contributed by atoms with van der Waals surface area (Å²) in [4.78, 5) is 10.5. The van der Waals surface area contributed by atoms with Crippen LogP contribution in [0.5, 0.6) is 0 Å². The molecule has 7 N–H and O–H groups in total. The van der Waals surface area contributed by atoms with Crippen molar-refractivity contribution in [3.05, 3.63) is 23.8 Å². The average Bonchev–Trinajstić information content (AvgIpc) is 2.15. The second kappa shape index (κ2) is 3.95. The first-order valence-electron chi connectivity index (χ1n) is 3.82. The van der Waals surface area contributed by atoms with Crippen LogP contribution in [0, 0.1) is 0 Å². The highest BCUT2D eigenvalue weighted by atomic mass is 16.4. The SMILES string of the molecule is NNc1cc(N)cc(C(O)C(=O)O)c1. The Bertz CT molecular complexity index is 354. The summed E-state index contributed by atoms with van der Waals surface area (Å²) in [5.41, 5.74) is 8.75. The normalized spacial score (nSPS) is 12.1. The molecule has 0 saturated heterocycles. The van der Waals surface area contributed by atoms with Crippen LogP contribution in [-0.2, 0) is 4.79 Å². The monoisotopic (exact) mass is 197 g/mol. The summed E-state index contributed by atoms with van der Waals surface area (Å²) in [5.74, 6) is 3.79. The lowest BCUT2D eigenvalue weighted by Crippen LogP contribution is -2.13. The molecule has 1 aromatic rings. The second-order valence-corrected chi connectivity index (χ2v) is 2.77. The zero-order chi connectivity index (χ0) is 10.7. The van der Waals surface area contributed by atoms with Gasteiger partial charge in [0.15, 0.2) is 6.10 Å². The van der Waals surface area contributed by atoms with E-state index in [-0.39, 0.29) is 5.56 Å². The van der Waals surface area contributed by atoms with Crippen molar-refractivity contribution in [2.75, 3.05) is 11.2 Å². The summed E-state index contributed by atoms with van der Waals surface area (Å²) in [6.45, 7) is 0. The van der Waals surface area contributed by atoms with E-state index in [9.17, 15) is 9.90 Å². The van der Waals surface area contributed by atoms with Gasteiger partial charge >= 0.3 is 5.97 Å². The van der Waals surface area contributed by atoms with E-state index >= 15 is 0 Å². The minimum atomic E-state index is -1.59. The van der Waals surface area contributed by atoms with Crippen LogP contribution in [0.25, 0.3) is 0 Å². The lowest BCUT2D eigenvalue weighted by Gasteiger charge is -2.09. The highest BCUT2D eigenvalue weighted by Crippen LogP contribution is 2.21. The van der Waals surface area contributed by atoms with Crippen molar-refractivity contribution >= 4 is 17.3 Å². The Morgan fingerprint density at radius 3 is 2.57 bits per heavy atom. The van der Waals surface area contributed by atoms with Crippen molar-refractivity contribution in [1.29, 1.82) is 0 Å². The van der Waals surface area contributed by atoms with E-state index in [1.165, 1.54) is 18.2 Å². The first-order valence-corrected chi connectivity index (χ1v) is 3.82. The molecule has 0 aliphatic heterocycles. The van der Waals surface area contributed by atoms with E-state index in [1.54, 1.807) is 0 Å². The number of aliphatic hydroxyl groups is 1. The maximum Gasteiger partial charge on any atom is 0.337 e. The maximum atomic E-state index is 10.5. The van der Waals surface area contributed by atoms with Crippen LogP contribution < -0.4 is 17.0 Å². The topological polar surface area (TPSA) is 122 Å². The fraction of sp³-hybridized carbons (Fsp3) is 0.125. The molecule has 76 valence electrons. The largest absolute Gasteiger partial charge is 0.479 e. The van der Waals surface area contributed by atoms with Gasteiger partial charge in [-0.2, -0.15) is 0 Å². The Morgan fingerprint density at radius 1 is 1.43 bits per heavy atom. The molecule has 0 aliphatic carbocycles. The van der Waals surface area contributed by atoms with Gasteiger partial charge in [0, 0.05) is 5.69 Å². The zero-order valence-electron chi connectivity index (χ0n) is 7.27. The number of hydrazine groups is 1. The Morgan fingerprint density at radius 2 is 2.07 bits per heavy atom. The van der Waals surface area contributed by atoms with Gasteiger partial charge in [-0.1, -0.05) is 0 Å². The molecule has 6 nitrogen and oxygen atoms in total. The third kappa shape index (κ3) is 2.12. The van der Waals surface area contributed by atoms with Gasteiger partial charge in [-0.25, -0.2) is 4.79 Å². The van der Waals surface area contributed by atoms with Gasteiger partial charge in [-0.15, -0.1) is 0 Å². The number of carboxylic acid groups (broad SMARTS) is 1. The minimum Gasteiger partial charge on any atom is -0.479 e. The van der Waals surface area contributed by atoms with Crippen LogP contribution in [0.15, 0.2) is 18.2 Å². The molecule has 0 saturated carbocycles. The van der Waals surface area contributed by atoms with Crippen LogP contribution in [0.4, 0.5) is 11.4 Å². The Balaban J connectivity index is 3.08. The number of carboxylic acids is 1. The molecule has 1 unspecified atom stereocenters. The number of rotatable bonds is 3. The summed E-state index contributed by atoms with van der Waals surface area (Å²) in [5, 5.41) is 17.8. The number of nitrogens with one attached hydrogen (secondary N) is 1. The highest BCUT2D eigenvalue weighted by Gasteiger charge is 2.16. The lowest BCUT2D eigenvalue weighted by molar-refractivity contribution is -0.146. The van der Waals surface area contributed by atoms with Gasteiger partial charge in [0.05, 0.1) is 5.69 Å². The predicted molar refractivity (Wildman–Crippen MR) is 51.3 cm³/mol. The molecule has 0 spiro atoms. The van der Waals surface area contributed by atoms with Crippen LogP contribution >= 0.6 is 0 Å². The quantitative estimate of drug-likeness (QED) is 0.257.